The van der Waals surface area contributed by atoms with E-state index < -0.39 is 0 Å². The summed E-state index contributed by atoms with van der Waals surface area (Å²) in [5.41, 5.74) is 0. The van der Waals surface area contributed by atoms with E-state index in [1.165, 1.54) is 0 Å². The lowest BCUT2D eigenvalue weighted by Gasteiger charge is -1.93. The lowest BCUT2D eigenvalue weighted by Crippen LogP contribution is -1.98. The van der Waals surface area contributed by atoms with Crippen LogP contribution in [0.1, 0.15) is 25.1 Å². The fraction of sp³-hybridized carbons (Fsp3) is 0.444. The molecule has 0 aliphatic rings. The molecule has 0 aromatic carbocycles. The molecule has 5 heteroatoms. The van der Waals surface area contributed by atoms with Gasteiger partial charge in [-0.3, -0.25) is 0 Å². The third kappa shape index (κ3) is 1.99. The van der Waals surface area contributed by atoms with Gasteiger partial charge < -0.3 is 9.09 Å². The molecular formula is C9H12N4O. The molecule has 0 saturated carbocycles. The largest absolute Gasteiger partial charge is 0.339 e. The van der Waals surface area contributed by atoms with Crippen LogP contribution in [-0.2, 0) is 13.0 Å². The number of imidazole rings is 1. The second kappa shape index (κ2) is 4.04. The summed E-state index contributed by atoms with van der Waals surface area (Å²) < 4.78 is 6.96. The summed E-state index contributed by atoms with van der Waals surface area (Å²) in [6.45, 7) is 2.70. The first-order valence-corrected chi connectivity index (χ1v) is 4.65. The zero-order chi connectivity index (χ0) is 9.80. The van der Waals surface area contributed by atoms with Crippen LogP contribution in [0.5, 0.6) is 0 Å². The number of aryl methyl sites for hydroxylation is 1. The molecule has 0 radical (unpaired) electrons. The molecular weight excluding hydrogens is 180 g/mol. The lowest BCUT2D eigenvalue weighted by atomic mass is 10.3. The average molecular weight is 192 g/mol. The zero-order valence-electron chi connectivity index (χ0n) is 8.05. The van der Waals surface area contributed by atoms with Gasteiger partial charge in [-0.05, 0) is 6.42 Å². The average Bonchev–Trinajstić information content (AvgIpc) is 2.79. The van der Waals surface area contributed by atoms with Gasteiger partial charge in [0.15, 0.2) is 5.82 Å². The van der Waals surface area contributed by atoms with Crippen LogP contribution in [0.3, 0.4) is 0 Å². The van der Waals surface area contributed by atoms with E-state index in [1.807, 2.05) is 10.8 Å². The van der Waals surface area contributed by atoms with Crippen molar-refractivity contribution in [3.8, 4) is 0 Å². The Morgan fingerprint density at radius 1 is 1.50 bits per heavy atom. The lowest BCUT2D eigenvalue weighted by molar-refractivity contribution is 0.371. The van der Waals surface area contributed by atoms with Crippen LogP contribution < -0.4 is 0 Å². The maximum absolute atomic E-state index is 5.06. The first kappa shape index (κ1) is 8.93. The molecule has 0 saturated heterocycles. The molecule has 2 rings (SSSR count). The Morgan fingerprint density at radius 3 is 3.14 bits per heavy atom. The van der Waals surface area contributed by atoms with Gasteiger partial charge in [0, 0.05) is 18.8 Å². The Kier molecular flexibility index (Phi) is 2.58. The van der Waals surface area contributed by atoms with Crippen molar-refractivity contribution in [3.05, 3.63) is 30.4 Å². The quantitative estimate of drug-likeness (QED) is 0.731. The SMILES string of the molecule is CCCc1nc(Cn2ccnc2)no1. The molecule has 2 heterocycles. The molecule has 0 aliphatic heterocycles. The van der Waals surface area contributed by atoms with Gasteiger partial charge in [0.2, 0.25) is 5.89 Å². The molecule has 14 heavy (non-hydrogen) atoms. The normalized spacial score (nSPS) is 10.6. The molecule has 5 nitrogen and oxygen atoms in total. The highest BCUT2D eigenvalue weighted by Crippen LogP contribution is 2.02. The van der Waals surface area contributed by atoms with Crippen LogP contribution in [0, 0.1) is 0 Å². The predicted molar refractivity (Wildman–Crippen MR) is 49.6 cm³/mol. The highest BCUT2D eigenvalue weighted by Gasteiger charge is 2.04. The van der Waals surface area contributed by atoms with E-state index in [-0.39, 0.29) is 0 Å². The summed E-state index contributed by atoms with van der Waals surface area (Å²) in [4.78, 5) is 8.19. The maximum Gasteiger partial charge on any atom is 0.226 e. The molecule has 0 bridgehead atoms. The van der Waals surface area contributed by atoms with E-state index in [9.17, 15) is 0 Å². The number of aromatic nitrogens is 4. The summed E-state index contributed by atoms with van der Waals surface area (Å²) in [5.74, 6) is 1.41. The molecule has 0 atom stereocenters. The van der Waals surface area contributed by atoms with Gasteiger partial charge >= 0.3 is 0 Å². The first-order valence-electron chi connectivity index (χ1n) is 4.65. The Balaban J connectivity index is 2.03. The molecule has 2 aromatic heterocycles. The Morgan fingerprint density at radius 2 is 2.43 bits per heavy atom. The molecule has 0 spiro atoms. The molecule has 0 amide bonds. The Hall–Kier alpha value is -1.65. The summed E-state index contributed by atoms with van der Waals surface area (Å²) in [5, 5.41) is 3.87. The van der Waals surface area contributed by atoms with Crippen molar-refractivity contribution in [2.24, 2.45) is 0 Å². The number of hydrogen-bond donors (Lipinski definition) is 0. The maximum atomic E-state index is 5.06. The molecule has 0 fully saturated rings. The van der Waals surface area contributed by atoms with Gasteiger partial charge in [0.05, 0.1) is 12.9 Å². The second-order valence-electron chi connectivity index (χ2n) is 3.09. The number of nitrogens with zero attached hydrogens (tertiary/aromatic N) is 4. The summed E-state index contributed by atoms with van der Waals surface area (Å²) in [7, 11) is 0. The third-order valence-corrected chi connectivity index (χ3v) is 1.86. The van der Waals surface area contributed by atoms with Crippen molar-refractivity contribution < 1.29 is 4.52 Å². The highest BCUT2D eigenvalue weighted by molar-refractivity contribution is 4.89. The van der Waals surface area contributed by atoms with Gasteiger partial charge in [0.1, 0.15) is 0 Å². The topological polar surface area (TPSA) is 56.7 Å². The van der Waals surface area contributed by atoms with Crippen molar-refractivity contribution >= 4 is 0 Å². The standard InChI is InChI=1S/C9H12N4O/c1-2-3-9-11-8(12-14-9)6-13-5-4-10-7-13/h4-5,7H,2-3,6H2,1H3. The van der Waals surface area contributed by atoms with Crippen LogP contribution in [0.15, 0.2) is 23.2 Å². The van der Waals surface area contributed by atoms with Gasteiger partial charge in [-0.1, -0.05) is 12.1 Å². The van der Waals surface area contributed by atoms with Crippen LogP contribution in [0.2, 0.25) is 0 Å². The Bertz CT molecular complexity index is 379. The fourth-order valence-electron chi connectivity index (χ4n) is 1.21. The van der Waals surface area contributed by atoms with Crippen molar-refractivity contribution in [1.82, 2.24) is 19.7 Å². The minimum Gasteiger partial charge on any atom is -0.339 e. The Labute approximate surface area is 81.8 Å². The van der Waals surface area contributed by atoms with Crippen molar-refractivity contribution in [2.45, 2.75) is 26.3 Å². The van der Waals surface area contributed by atoms with E-state index in [0.29, 0.717) is 18.3 Å². The smallest absolute Gasteiger partial charge is 0.226 e. The van der Waals surface area contributed by atoms with E-state index in [4.69, 9.17) is 4.52 Å². The highest BCUT2D eigenvalue weighted by atomic mass is 16.5. The summed E-state index contributed by atoms with van der Waals surface area (Å²) in [6.07, 6.45) is 7.20. The number of hydrogen-bond acceptors (Lipinski definition) is 4. The second-order valence-corrected chi connectivity index (χ2v) is 3.09. The third-order valence-electron chi connectivity index (χ3n) is 1.86. The van der Waals surface area contributed by atoms with E-state index in [1.54, 1.807) is 12.5 Å². The summed E-state index contributed by atoms with van der Waals surface area (Å²) >= 11 is 0. The summed E-state index contributed by atoms with van der Waals surface area (Å²) in [6, 6.07) is 0. The molecule has 0 unspecified atom stereocenters. The van der Waals surface area contributed by atoms with Gasteiger partial charge in [-0.25, -0.2) is 4.98 Å². The van der Waals surface area contributed by atoms with E-state index in [2.05, 4.69) is 22.0 Å². The van der Waals surface area contributed by atoms with Gasteiger partial charge in [-0.2, -0.15) is 4.98 Å². The first-order chi connectivity index (χ1) is 6.88. The monoisotopic (exact) mass is 192 g/mol. The molecule has 0 N–H and O–H groups in total. The predicted octanol–water partition coefficient (Wildman–Crippen LogP) is 1.27. The van der Waals surface area contributed by atoms with Crippen LogP contribution >= 0.6 is 0 Å². The fourth-order valence-corrected chi connectivity index (χ4v) is 1.21. The van der Waals surface area contributed by atoms with Crippen LogP contribution in [-0.4, -0.2) is 19.7 Å². The van der Waals surface area contributed by atoms with Crippen molar-refractivity contribution in [2.75, 3.05) is 0 Å². The minimum absolute atomic E-state index is 0.618. The van der Waals surface area contributed by atoms with Crippen molar-refractivity contribution in [3.63, 3.8) is 0 Å². The zero-order valence-corrected chi connectivity index (χ0v) is 8.05. The van der Waals surface area contributed by atoms with Gasteiger partial charge in [-0.15, -0.1) is 0 Å². The van der Waals surface area contributed by atoms with Crippen LogP contribution in [0.4, 0.5) is 0 Å². The molecule has 2 aromatic rings. The molecule has 0 aliphatic carbocycles. The number of rotatable bonds is 4. The minimum atomic E-state index is 0.618. The van der Waals surface area contributed by atoms with E-state index >= 15 is 0 Å². The molecule has 74 valence electrons. The van der Waals surface area contributed by atoms with Crippen LogP contribution in [0.25, 0.3) is 0 Å². The van der Waals surface area contributed by atoms with Crippen molar-refractivity contribution in [1.29, 1.82) is 0 Å². The van der Waals surface area contributed by atoms with E-state index in [0.717, 1.165) is 12.8 Å². The van der Waals surface area contributed by atoms with Gasteiger partial charge in [0.25, 0.3) is 0 Å².